The second-order valence-corrected chi connectivity index (χ2v) is 8.89. The Bertz CT molecular complexity index is 1020. The van der Waals surface area contributed by atoms with Gasteiger partial charge in [-0.1, -0.05) is 93.5 Å². The van der Waals surface area contributed by atoms with Crippen molar-refractivity contribution in [1.29, 1.82) is 0 Å². The number of ether oxygens (including phenoxy) is 1. The minimum absolute atomic E-state index is 0.0578. The molecule has 1 aliphatic carbocycles. The summed E-state index contributed by atoms with van der Waals surface area (Å²) in [4.78, 5) is 0. The molecule has 2 nitrogen and oxygen atoms in total. The van der Waals surface area contributed by atoms with E-state index in [1.807, 2.05) is 36.4 Å². The molecule has 1 N–H and O–H groups in total. The highest BCUT2D eigenvalue weighted by atomic mass is 31.1. The van der Waals surface area contributed by atoms with Crippen LogP contribution in [0.1, 0.15) is 23.1 Å². The van der Waals surface area contributed by atoms with Crippen molar-refractivity contribution in [3.8, 4) is 5.75 Å². The molecular formula is C27H27O2P. The number of benzene rings is 3. The van der Waals surface area contributed by atoms with Crippen LogP contribution >= 0.6 is 8.58 Å². The first kappa shape index (κ1) is 20.6. The lowest BCUT2D eigenvalue weighted by atomic mass is 9.93. The van der Waals surface area contributed by atoms with Crippen molar-refractivity contribution in [2.45, 2.75) is 26.1 Å². The minimum atomic E-state index is 0.0578. The van der Waals surface area contributed by atoms with Gasteiger partial charge in [-0.15, -0.1) is 0 Å². The Morgan fingerprint density at radius 1 is 0.867 bits per heavy atom. The summed E-state index contributed by atoms with van der Waals surface area (Å²) < 4.78 is 6.23. The molecule has 3 aromatic rings. The molecule has 2 atom stereocenters. The fourth-order valence-electron chi connectivity index (χ4n) is 3.67. The van der Waals surface area contributed by atoms with Crippen molar-refractivity contribution in [3.63, 3.8) is 0 Å². The first-order valence-electron chi connectivity index (χ1n) is 10.4. The molecule has 0 fully saturated rings. The van der Waals surface area contributed by atoms with Gasteiger partial charge in [-0.3, -0.25) is 0 Å². The van der Waals surface area contributed by atoms with E-state index >= 15 is 0 Å². The van der Waals surface area contributed by atoms with Crippen LogP contribution in [0.15, 0.2) is 97.1 Å². The topological polar surface area (TPSA) is 29.5 Å². The molecule has 0 amide bonds. The fraction of sp³-hybridized carbons (Fsp3) is 0.185. The van der Waals surface area contributed by atoms with E-state index in [4.69, 9.17) is 4.74 Å². The van der Waals surface area contributed by atoms with Crippen molar-refractivity contribution < 1.29 is 9.84 Å². The number of allylic oxidation sites excluding steroid dienone is 4. The monoisotopic (exact) mass is 414 g/mol. The van der Waals surface area contributed by atoms with E-state index in [9.17, 15) is 5.11 Å². The zero-order valence-corrected chi connectivity index (χ0v) is 18.0. The lowest BCUT2D eigenvalue weighted by Crippen LogP contribution is -2.13. The average molecular weight is 414 g/mol. The third-order valence-electron chi connectivity index (χ3n) is 5.31. The van der Waals surface area contributed by atoms with E-state index in [0.29, 0.717) is 21.1 Å². The van der Waals surface area contributed by atoms with Crippen LogP contribution in [0.25, 0.3) is 0 Å². The van der Waals surface area contributed by atoms with E-state index in [2.05, 4.69) is 60.7 Å². The van der Waals surface area contributed by atoms with Crippen LogP contribution in [0.2, 0.25) is 0 Å². The molecule has 0 radical (unpaired) electrons. The van der Waals surface area contributed by atoms with Crippen LogP contribution in [-0.4, -0.2) is 5.11 Å². The van der Waals surface area contributed by atoms with Gasteiger partial charge in [-0.2, -0.15) is 0 Å². The van der Waals surface area contributed by atoms with Crippen molar-refractivity contribution in [2.75, 3.05) is 0 Å². The average Bonchev–Trinajstić information content (AvgIpc) is 2.80. The number of hydrogen-bond acceptors (Lipinski definition) is 2. The maximum Gasteiger partial charge on any atom is 0.127 e. The van der Waals surface area contributed by atoms with Gasteiger partial charge >= 0.3 is 0 Å². The number of aliphatic hydroxyl groups is 1. The Labute approximate surface area is 180 Å². The first-order valence-corrected chi connectivity index (χ1v) is 11.4. The van der Waals surface area contributed by atoms with Gasteiger partial charge < -0.3 is 9.84 Å². The van der Waals surface area contributed by atoms with Crippen LogP contribution in [-0.2, 0) is 19.6 Å². The molecule has 3 heteroatoms. The lowest BCUT2D eigenvalue weighted by molar-refractivity contribution is 0.283. The Balaban J connectivity index is 1.58. The SMILES string of the molecule is OCc1ccccc1Pc1cc(CC2C=CC=CC2)ccc1OCc1ccccc1. The van der Waals surface area contributed by atoms with E-state index in [0.717, 1.165) is 29.7 Å². The van der Waals surface area contributed by atoms with Gasteiger partial charge in [-0.05, 0) is 52.9 Å². The first-order chi connectivity index (χ1) is 14.8. The third-order valence-corrected chi connectivity index (χ3v) is 6.72. The van der Waals surface area contributed by atoms with Crippen LogP contribution in [0.5, 0.6) is 5.75 Å². The van der Waals surface area contributed by atoms with Crippen molar-refractivity contribution in [3.05, 3.63) is 114 Å². The number of hydrogen-bond donors (Lipinski definition) is 1. The van der Waals surface area contributed by atoms with Gasteiger partial charge in [0.25, 0.3) is 0 Å². The molecule has 0 spiro atoms. The summed E-state index contributed by atoms with van der Waals surface area (Å²) in [6, 6.07) is 25.0. The molecule has 4 rings (SSSR count). The Morgan fingerprint density at radius 2 is 1.70 bits per heavy atom. The molecule has 0 saturated heterocycles. The van der Waals surface area contributed by atoms with Gasteiger partial charge in [0, 0.05) is 5.30 Å². The van der Waals surface area contributed by atoms with Crippen LogP contribution in [0.4, 0.5) is 0 Å². The Hall–Kier alpha value is -2.67. The molecule has 0 bridgehead atoms. The standard InChI is InChI=1S/C27H27O2P/c28-19-24-13-7-8-14-26(24)30-27-18-23(17-21-9-3-1-4-10-21)15-16-25(27)29-20-22-11-5-2-6-12-22/h1-9,11-16,18,21,28,30H,10,17,19-20H2. The van der Waals surface area contributed by atoms with Crippen LogP contribution in [0, 0.1) is 5.92 Å². The number of aliphatic hydroxyl groups excluding tert-OH is 1. The van der Waals surface area contributed by atoms with Gasteiger partial charge in [0.15, 0.2) is 0 Å². The van der Waals surface area contributed by atoms with Gasteiger partial charge in [0.2, 0.25) is 0 Å². The molecular weight excluding hydrogens is 387 g/mol. The molecule has 2 unspecified atom stereocenters. The molecule has 1 aliphatic rings. The largest absolute Gasteiger partial charge is 0.488 e. The summed E-state index contributed by atoms with van der Waals surface area (Å²) in [5.74, 6) is 1.47. The maximum atomic E-state index is 9.75. The van der Waals surface area contributed by atoms with E-state index in [1.165, 1.54) is 16.2 Å². The smallest absolute Gasteiger partial charge is 0.127 e. The molecule has 3 aromatic carbocycles. The third kappa shape index (κ3) is 5.48. The second kappa shape index (κ2) is 10.4. The summed E-state index contributed by atoms with van der Waals surface area (Å²) >= 11 is 0. The second-order valence-electron chi connectivity index (χ2n) is 7.56. The minimum Gasteiger partial charge on any atom is -0.488 e. The summed E-state index contributed by atoms with van der Waals surface area (Å²) in [5.41, 5.74) is 3.47. The molecule has 0 saturated carbocycles. The predicted molar refractivity (Wildman–Crippen MR) is 127 cm³/mol. The van der Waals surface area contributed by atoms with Crippen LogP contribution < -0.4 is 15.3 Å². The normalized spacial score (nSPS) is 15.7. The van der Waals surface area contributed by atoms with Gasteiger partial charge in [0.1, 0.15) is 12.4 Å². The highest BCUT2D eigenvalue weighted by Crippen LogP contribution is 2.25. The summed E-state index contributed by atoms with van der Waals surface area (Å²) in [5, 5.41) is 12.1. The summed E-state index contributed by atoms with van der Waals surface area (Å²) in [7, 11) is 0.440. The molecule has 30 heavy (non-hydrogen) atoms. The van der Waals surface area contributed by atoms with Crippen LogP contribution in [0.3, 0.4) is 0 Å². The van der Waals surface area contributed by atoms with Gasteiger partial charge in [-0.25, -0.2) is 0 Å². The maximum absolute atomic E-state index is 9.75. The quantitative estimate of drug-likeness (QED) is 0.522. The van der Waals surface area contributed by atoms with Crippen molar-refractivity contribution >= 4 is 19.2 Å². The highest BCUT2D eigenvalue weighted by Gasteiger charge is 2.12. The van der Waals surface area contributed by atoms with Crippen molar-refractivity contribution in [1.82, 2.24) is 0 Å². The fourth-order valence-corrected chi connectivity index (χ4v) is 5.00. The molecule has 0 heterocycles. The van der Waals surface area contributed by atoms with E-state index in [1.54, 1.807) is 0 Å². The number of rotatable bonds is 8. The Morgan fingerprint density at radius 3 is 2.50 bits per heavy atom. The lowest BCUT2D eigenvalue weighted by Gasteiger charge is -2.17. The van der Waals surface area contributed by atoms with E-state index < -0.39 is 0 Å². The summed E-state index contributed by atoms with van der Waals surface area (Å²) in [6.45, 7) is 0.609. The highest BCUT2D eigenvalue weighted by molar-refractivity contribution is 7.55. The molecule has 0 aromatic heterocycles. The van der Waals surface area contributed by atoms with Gasteiger partial charge in [0.05, 0.1) is 6.61 Å². The van der Waals surface area contributed by atoms with Crippen molar-refractivity contribution in [2.24, 2.45) is 5.92 Å². The Kier molecular flexibility index (Phi) is 7.13. The molecule has 152 valence electrons. The summed E-state index contributed by atoms with van der Waals surface area (Å²) in [6.07, 6.45) is 10.9. The zero-order chi connectivity index (χ0) is 20.6. The predicted octanol–water partition coefficient (Wildman–Crippen LogP) is 5.06. The zero-order valence-electron chi connectivity index (χ0n) is 17.0. The molecule has 0 aliphatic heterocycles. The van der Waals surface area contributed by atoms with E-state index in [-0.39, 0.29) is 6.61 Å².